The molecular formula is C22H26N4O. The second kappa shape index (κ2) is 7.45. The Hall–Kier alpha value is -2.79. The summed E-state index contributed by atoms with van der Waals surface area (Å²) < 4.78 is 5.48. The summed E-state index contributed by atoms with van der Waals surface area (Å²) in [5, 5.41) is 4.37. The summed E-state index contributed by atoms with van der Waals surface area (Å²) in [5.74, 6) is 0. The van der Waals surface area contributed by atoms with Gasteiger partial charge in [0.05, 0.1) is 24.4 Å². The number of fused-ring (bicyclic) bond motifs is 1. The molecule has 0 radical (unpaired) electrons. The highest BCUT2D eigenvalue weighted by atomic mass is 16.5. The van der Waals surface area contributed by atoms with Crippen molar-refractivity contribution in [2.24, 2.45) is 0 Å². The predicted molar refractivity (Wildman–Crippen MR) is 114 cm³/mol. The van der Waals surface area contributed by atoms with Crippen molar-refractivity contribution in [3.05, 3.63) is 48.5 Å². The number of pyridine rings is 1. The molecule has 1 aliphatic heterocycles. The molecule has 27 heavy (non-hydrogen) atoms. The first-order valence-corrected chi connectivity index (χ1v) is 9.39. The maximum Gasteiger partial charge on any atom is 0.0731 e. The molecule has 0 unspecified atom stereocenters. The molecule has 0 bridgehead atoms. The van der Waals surface area contributed by atoms with Crippen LogP contribution < -0.4 is 15.1 Å². The van der Waals surface area contributed by atoms with Gasteiger partial charge >= 0.3 is 0 Å². The molecule has 0 atom stereocenters. The highest BCUT2D eigenvalue weighted by molar-refractivity contribution is 5.96. The summed E-state index contributed by atoms with van der Waals surface area (Å²) in [6.07, 6.45) is 0. The van der Waals surface area contributed by atoms with Crippen LogP contribution in [0.15, 0.2) is 48.5 Å². The van der Waals surface area contributed by atoms with Crippen molar-refractivity contribution in [1.82, 2.24) is 4.98 Å². The zero-order valence-electron chi connectivity index (χ0n) is 16.2. The minimum atomic E-state index is 0.789. The van der Waals surface area contributed by atoms with Crippen LogP contribution in [0.4, 0.5) is 17.1 Å². The third-order valence-corrected chi connectivity index (χ3v) is 5.08. The average Bonchev–Trinajstić information content (AvgIpc) is 2.73. The van der Waals surface area contributed by atoms with Gasteiger partial charge in [-0.05, 0) is 36.4 Å². The van der Waals surface area contributed by atoms with E-state index in [9.17, 15) is 0 Å². The van der Waals surface area contributed by atoms with Gasteiger partial charge in [0.2, 0.25) is 0 Å². The first-order valence-electron chi connectivity index (χ1n) is 9.39. The molecule has 4 rings (SSSR count). The third-order valence-electron chi connectivity index (χ3n) is 5.08. The molecule has 0 spiro atoms. The van der Waals surface area contributed by atoms with Crippen molar-refractivity contribution in [1.29, 1.82) is 0 Å². The Kier molecular flexibility index (Phi) is 4.86. The van der Waals surface area contributed by atoms with Crippen LogP contribution in [0.2, 0.25) is 0 Å². The van der Waals surface area contributed by atoms with Gasteiger partial charge in [0.25, 0.3) is 0 Å². The van der Waals surface area contributed by atoms with Crippen molar-refractivity contribution in [2.75, 3.05) is 62.6 Å². The molecule has 1 saturated heterocycles. The highest BCUT2D eigenvalue weighted by Crippen LogP contribution is 2.33. The van der Waals surface area contributed by atoms with Gasteiger partial charge in [-0.25, -0.2) is 4.98 Å². The molecule has 1 N–H and O–H groups in total. The van der Waals surface area contributed by atoms with E-state index in [1.807, 2.05) is 7.05 Å². The SMILES string of the molecule is CNc1ccc2nc(-c3cccc(N4CCOCC4)c3)cc(N(C)C)c2c1. The van der Waals surface area contributed by atoms with E-state index >= 15 is 0 Å². The summed E-state index contributed by atoms with van der Waals surface area (Å²) in [7, 11) is 6.10. The number of nitrogens with zero attached hydrogens (tertiary/aromatic N) is 3. The lowest BCUT2D eigenvalue weighted by Gasteiger charge is -2.29. The van der Waals surface area contributed by atoms with Crippen LogP contribution in [-0.2, 0) is 4.74 Å². The van der Waals surface area contributed by atoms with Gasteiger partial charge < -0.3 is 19.9 Å². The van der Waals surface area contributed by atoms with E-state index in [4.69, 9.17) is 9.72 Å². The first kappa shape index (κ1) is 17.6. The van der Waals surface area contributed by atoms with Crippen LogP contribution in [-0.4, -0.2) is 52.4 Å². The van der Waals surface area contributed by atoms with E-state index in [-0.39, 0.29) is 0 Å². The normalized spacial score (nSPS) is 14.4. The fourth-order valence-corrected chi connectivity index (χ4v) is 3.56. The number of aromatic nitrogens is 1. The smallest absolute Gasteiger partial charge is 0.0731 e. The Labute approximate surface area is 160 Å². The maximum atomic E-state index is 5.48. The Morgan fingerprint density at radius 2 is 1.85 bits per heavy atom. The molecule has 5 heteroatoms. The number of nitrogens with one attached hydrogen (secondary N) is 1. The molecule has 1 aliphatic rings. The second-order valence-electron chi connectivity index (χ2n) is 7.05. The largest absolute Gasteiger partial charge is 0.388 e. The molecule has 0 amide bonds. The fraction of sp³-hybridized carbons (Fsp3) is 0.318. The zero-order chi connectivity index (χ0) is 18.8. The lowest BCUT2D eigenvalue weighted by atomic mass is 10.1. The molecule has 1 fully saturated rings. The molecular weight excluding hydrogens is 336 g/mol. The Morgan fingerprint density at radius 3 is 2.59 bits per heavy atom. The van der Waals surface area contributed by atoms with Crippen LogP contribution in [0.25, 0.3) is 22.2 Å². The molecule has 140 valence electrons. The molecule has 2 aromatic carbocycles. The summed E-state index contributed by atoms with van der Waals surface area (Å²) in [4.78, 5) is 9.48. The van der Waals surface area contributed by atoms with Gasteiger partial charge in [-0.3, -0.25) is 0 Å². The number of benzene rings is 2. The molecule has 0 aliphatic carbocycles. The molecule has 1 aromatic heterocycles. The van der Waals surface area contributed by atoms with Gasteiger partial charge in [0.1, 0.15) is 0 Å². The monoisotopic (exact) mass is 362 g/mol. The maximum absolute atomic E-state index is 5.48. The topological polar surface area (TPSA) is 40.6 Å². The number of anilines is 3. The van der Waals surface area contributed by atoms with Gasteiger partial charge in [0, 0.05) is 62.2 Å². The lowest BCUT2D eigenvalue weighted by Crippen LogP contribution is -2.36. The summed E-state index contributed by atoms with van der Waals surface area (Å²) in [6.45, 7) is 3.45. The van der Waals surface area contributed by atoms with Crippen LogP contribution >= 0.6 is 0 Å². The lowest BCUT2D eigenvalue weighted by molar-refractivity contribution is 0.122. The van der Waals surface area contributed by atoms with Crippen LogP contribution in [0, 0.1) is 0 Å². The predicted octanol–water partition coefficient (Wildman–Crippen LogP) is 3.85. The van der Waals surface area contributed by atoms with Crippen LogP contribution in [0.5, 0.6) is 0 Å². The minimum Gasteiger partial charge on any atom is -0.388 e. The zero-order valence-corrected chi connectivity index (χ0v) is 16.2. The van der Waals surface area contributed by atoms with E-state index in [1.54, 1.807) is 0 Å². The summed E-state index contributed by atoms with van der Waals surface area (Å²) in [6, 6.07) is 17.2. The Morgan fingerprint density at radius 1 is 1.04 bits per heavy atom. The van der Waals surface area contributed by atoms with E-state index in [0.29, 0.717) is 0 Å². The summed E-state index contributed by atoms with van der Waals surface area (Å²) in [5.41, 5.74) is 6.64. The first-order chi connectivity index (χ1) is 13.2. The van der Waals surface area contributed by atoms with Gasteiger partial charge in [-0.1, -0.05) is 12.1 Å². The van der Waals surface area contributed by atoms with E-state index in [1.165, 1.54) is 11.4 Å². The fourth-order valence-electron chi connectivity index (χ4n) is 3.56. The quantitative estimate of drug-likeness (QED) is 0.763. The Bertz CT molecular complexity index is 948. The molecule has 5 nitrogen and oxygen atoms in total. The molecule has 0 saturated carbocycles. The van der Waals surface area contributed by atoms with Crippen LogP contribution in [0.3, 0.4) is 0 Å². The number of hydrogen-bond acceptors (Lipinski definition) is 5. The number of hydrogen-bond donors (Lipinski definition) is 1. The van der Waals surface area contributed by atoms with E-state index < -0.39 is 0 Å². The summed E-state index contributed by atoms with van der Waals surface area (Å²) >= 11 is 0. The average molecular weight is 362 g/mol. The van der Waals surface area contributed by atoms with Gasteiger partial charge in [-0.15, -0.1) is 0 Å². The van der Waals surface area contributed by atoms with Gasteiger partial charge in [0.15, 0.2) is 0 Å². The van der Waals surface area contributed by atoms with E-state index in [0.717, 1.165) is 54.2 Å². The second-order valence-corrected chi connectivity index (χ2v) is 7.05. The minimum absolute atomic E-state index is 0.789. The van der Waals surface area contributed by atoms with Gasteiger partial charge in [-0.2, -0.15) is 0 Å². The highest BCUT2D eigenvalue weighted by Gasteiger charge is 2.14. The standard InChI is InChI=1S/C22H26N4O/c1-23-17-7-8-20-19(14-17)22(25(2)3)15-21(24-20)16-5-4-6-18(13-16)26-9-11-27-12-10-26/h4-8,13-15,23H,9-12H2,1-3H3. The van der Waals surface area contributed by atoms with Crippen molar-refractivity contribution < 1.29 is 4.74 Å². The van der Waals surface area contributed by atoms with E-state index in [2.05, 4.69) is 77.7 Å². The number of morpholine rings is 1. The van der Waals surface area contributed by atoms with Crippen molar-refractivity contribution >= 4 is 28.0 Å². The van der Waals surface area contributed by atoms with Crippen molar-refractivity contribution in [3.63, 3.8) is 0 Å². The van der Waals surface area contributed by atoms with Crippen LogP contribution in [0.1, 0.15) is 0 Å². The number of ether oxygens (including phenoxy) is 1. The molecule has 2 heterocycles. The van der Waals surface area contributed by atoms with Crippen molar-refractivity contribution in [2.45, 2.75) is 0 Å². The third kappa shape index (κ3) is 3.55. The Balaban J connectivity index is 1.79. The molecule has 3 aromatic rings. The van der Waals surface area contributed by atoms with Crippen molar-refractivity contribution in [3.8, 4) is 11.3 Å². The number of rotatable bonds is 4.